The van der Waals surface area contributed by atoms with E-state index >= 15 is 0 Å². The molecule has 0 spiro atoms. The van der Waals surface area contributed by atoms with Crippen LogP contribution in [0.5, 0.6) is 0 Å². The fourth-order valence-electron chi connectivity index (χ4n) is 0.566. The van der Waals surface area contributed by atoms with Gasteiger partial charge in [-0.1, -0.05) is 29.2 Å². The summed E-state index contributed by atoms with van der Waals surface area (Å²) >= 11 is 3.23. The van der Waals surface area contributed by atoms with Crippen LogP contribution in [-0.2, 0) is 0 Å². The second kappa shape index (κ2) is 4.47. The standard InChI is InChI=1S/C7H11N3S2/c1-4-5(2)11-7-10-9-6(8-3)12-7/h4-5H,1H2,2-3H3,(H,8,9). The van der Waals surface area contributed by atoms with Gasteiger partial charge < -0.3 is 5.32 Å². The van der Waals surface area contributed by atoms with Crippen molar-refractivity contribution >= 4 is 28.2 Å². The van der Waals surface area contributed by atoms with Gasteiger partial charge in [-0.3, -0.25) is 0 Å². The van der Waals surface area contributed by atoms with Crippen LogP contribution in [-0.4, -0.2) is 22.5 Å². The van der Waals surface area contributed by atoms with Crippen LogP contribution < -0.4 is 5.32 Å². The van der Waals surface area contributed by atoms with E-state index in [9.17, 15) is 0 Å². The molecule has 0 aliphatic rings. The van der Waals surface area contributed by atoms with Crippen LogP contribution in [0, 0.1) is 0 Å². The molecule has 1 heterocycles. The molecule has 1 rings (SSSR count). The van der Waals surface area contributed by atoms with E-state index in [4.69, 9.17) is 0 Å². The number of nitrogens with one attached hydrogen (secondary N) is 1. The van der Waals surface area contributed by atoms with Gasteiger partial charge in [0.25, 0.3) is 0 Å². The normalized spacial score (nSPS) is 12.5. The second-order valence-electron chi connectivity index (χ2n) is 2.18. The summed E-state index contributed by atoms with van der Waals surface area (Å²) in [5, 5.41) is 12.1. The summed E-state index contributed by atoms with van der Waals surface area (Å²) in [7, 11) is 1.84. The molecule has 0 bridgehead atoms. The highest BCUT2D eigenvalue weighted by atomic mass is 32.2. The highest BCUT2D eigenvalue weighted by Gasteiger charge is 2.05. The third kappa shape index (κ3) is 2.49. The number of thioether (sulfide) groups is 1. The Morgan fingerprint density at radius 1 is 1.67 bits per heavy atom. The summed E-state index contributed by atoms with van der Waals surface area (Å²) in [5.41, 5.74) is 0. The Labute approximate surface area is 80.3 Å². The molecule has 66 valence electrons. The average Bonchev–Trinajstić information content (AvgIpc) is 2.52. The summed E-state index contributed by atoms with van der Waals surface area (Å²) in [6, 6.07) is 0. The fourth-order valence-corrected chi connectivity index (χ4v) is 2.38. The van der Waals surface area contributed by atoms with Gasteiger partial charge in [-0.25, -0.2) is 0 Å². The van der Waals surface area contributed by atoms with E-state index in [1.54, 1.807) is 23.1 Å². The van der Waals surface area contributed by atoms with Crippen molar-refractivity contribution < 1.29 is 0 Å². The van der Waals surface area contributed by atoms with Gasteiger partial charge in [0.05, 0.1) is 0 Å². The Balaban J connectivity index is 2.57. The molecule has 1 atom stereocenters. The maximum Gasteiger partial charge on any atom is 0.206 e. The van der Waals surface area contributed by atoms with Crippen LogP contribution in [0.15, 0.2) is 17.0 Å². The van der Waals surface area contributed by atoms with E-state index < -0.39 is 0 Å². The topological polar surface area (TPSA) is 37.8 Å². The lowest BCUT2D eigenvalue weighted by molar-refractivity contribution is 1.01. The number of aromatic nitrogens is 2. The Morgan fingerprint density at radius 2 is 2.42 bits per heavy atom. The molecule has 1 N–H and O–H groups in total. The third-order valence-electron chi connectivity index (χ3n) is 1.24. The van der Waals surface area contributed by atoms with Crippen molar-refractivity contribution in [3.8, 4) is 0 Å². The molecule has 0 fully saturated rings. The average molecular weight is 201 g/mol. The van der Waals surface area contributed by atoms with E-state index in [0.717, 1.165) is 9.47 Å². The Kier molecular flexibility index (Phi) is 3.55. The zero-order chi connectivity index (χ0) is 8.97. The SMILES string of the molecule is C=CC(C)Sc1nnc(NC)s1. The summed E-state index contributed by atoms with van der Waals surface area (Å²) in [4.78, 5) is 0. The van der Waals surface area contributed by atoms with Crippen LogP contribution in [0.25, 0.3) is 0 Å². The van der Waals surface area contributed by atoms with Gasteiger partial charge in [0.15, 0.2) is 4.34 Å². The summed E-state index contributed by atoms with van der Waals surface area (Å²) in [6.07, 6.45) is 1.89. The van der Waals surface area contributed by atoms with Crippen LogP contribution in [0.2, 0.25) is 0 Å². The monoisotopic (exact) mass is 201 g/mol. The maximum atomic E-state index is 4.00. The summed E-state index contributed by atoms with van der Waals surface area (Å²) in [6.45, 7) is 5.79. The van der Waals surface area contributed by atoms with E-state index in [1.807, 2.05) is 13.1 Å². The minimum Gasteiger partial charge on any atom is -0.363 e. The van der Waals surface area contributed by atoms with Crippen LogP contribution in [0.1, 0.15) is 6.92 Å². The number of nitrogens with zero attached hydrogens (tertiary/aromatic N) is 2. The number of hydrogen-bond acceptors (Lipinski definition) is 5. The quantitative estimate of drug-likeness (QED) is 0.599. The zero-order valence-electron chi connectivity index (χ0n) is 7.07. The van der Waals surface area contributed by atoms with Gasteiger partial charge in [0.2, 0.25) is 5.13 Å². The van der Waals surface area contributed by atoms with Crippen molar-refractivity contribution in [1.82, 2.24) is 10.2 Å². The number of anilines is 1. The molecule has 0 radical (unpaired) electrons. The molecule has 0 saturated heterocycles. The Bertz CT molecular complexity index is 259. The summed E-state index contributed by atoms with van der Waals surface area (Å²) < 4.78 is 0.978. The van der Waals surface area contributed by atoms with Crippen molar-refractivity contribution in [2.75, 3.05) is 12.4 Å². The zero-order valence-corrected chi connectivity index (χ0v) is 8.71. The van der Waals surface area contributed by atoms with E-state index in [1.165, 1.54) is 0 Å². The third-order valence-corrected chi connectivity index (χ3v) is 3.36. The first-order valence-electron chi connectivity index (χ1n) is 3.56. The maximum absolute atomic E-state index is 4.00. The first-order chi connectivity index (χ1) is 5.76. The van der Waals surface area contributed by atoms with Crippen LogP contribution >= 0.6 is 23.1 Å². The van der Waals surface area contributed by atoms with E-state index in [-0.39, 0.29) is 0 Å². The molecular formula is C7H11N3S2. The molecule has 0 aliphatic carbocycles. The molecular weight excluding hydrogens is 190 g/mol. The van der Waals surface area contributed by atoms with Crippen molar-refractivity contribution in [1.29, 1.82) is 0 Å². The molecule has 12 heavy (non-hydrogen) atoms. The molecule has 0 aromatic carbocycles. The smallest absolute Gasteiger partial charge is 0.206 e. The van der Waals surface area contributed by atoms with Crippen LogP contribution in [0.3, 0.4) is 0 Å². The van der Waals surface area contributed by atoms with Gasteiger partial charge >= 0.3 is 0 Å². The molecule has 0 aliphatic heterocycles. The van der Waals surface area contributed by atoms with Crippen LogP contribution in [0.4, 0.5) is 5.13 Å². The highest BCUT2D eigenvalue weighted by molar-refractivity contribution is 8.01. The minimum atomic E-state index is 0.391. The summed E-state index contributed by atoms with van der Waals surface area (Å²) in [5.74, 6) is 0. The van der Waals surface area contributed by atoms with Crippen molar-refractivity contribution in [2.24, 2.45) is 0 Å². The minimum absolute atomic E-state index is 0.391. The number of rotatable bonds is 4. The molecule has 1 aromatic heterocycles. The van der Waals surface area contributed by atoms with Crippen molar-refractivity contribution in [3.05, 3.63) is 12.7 Å². The van der Waals surface area contributed by atoms with Gasteiger partial charge in [0.1, 0.15) is 0 Å². The second-order valence-corrected chi connectivity index (χ2v) is 4.78. The molecule has 0 amide bonds. The molecule has 1 aromatic rings. The van der Waals surface area contributed by atoms with Gasteiger partial charge in [-0.05, 0) is 6.92 Å². The molecule has 0 saturated carbocycles. The predicted octanol–water partition coefficient (Wildman–Crippen LogP) is 2.25. The highest BCUT2D eigenvalue weighted by Crippen LogP contribution is 2.28. The van der Waals surface area contributed by atoms with Gasteiger partial charge in [-0.2, -0.15) is 0 Å². The Morgan fingerprint density at radius 3 is 2.92 bits per heavy atom. The molecule has 1 unspecified atom stereocenters. The van der Waals surface area contributed by atoms with E-state index in [2.05, 4.69) is 29.0 Å². The van der Waals surface area contributed by atoms with Crippen molar-refractivity contribution in [3.63, 3.8) is 0 Å². The first kappa shape index (κ1) is 9.54. The molecule has 3 nitrogen and oxygen atoms in total. The lowest BCUT2D eigenvalue weighted by Crippen LogP contribution is -1.87. The predicted molar refractivity (Wildman–Crippen MR) is 55.0 cm³/mol. The lowest BCUT2D eigenvalue weighted by Gasteiger charge is -1.98. The fraction of sp³-hybridized carbons (Fsp3) is 0.429. The molecule has 5 heteroatoms. The van der Waals surface area contributed by atoms with Gasteiger partial charge in [0, 0.05) is 12.3 Å². The largest absolute Gasteiger partial charge is 0.363 e. The van der Waals surface area contributed by atoms with Crippen molar-refractivity contribution in [2.45, 2.75) is 16.5 Å². The number of hydrogen-bond donors (Lipinski definition) is 1. The van der Waals surface area contributed by atoms with E-state index in [0.29, 0.717) is 5.25 Å². The first-order valence-corrected chi connectivity index (χ1v) is 5.26. The van der Waals surface area contributed by atoms with Gasteiger partial charge in [-0.15, -0.1) is 16.8 Å². The Hall–Kier alpha value is -0.550. The lowest BCUT2D eigenvalue weighted by atomic mass is 10.5.